The molecular weight excluding hydrogens is 332 g/mol. The van der Waals surface area contributed by atoms with Crippen LogP contribution < -0.4 is 14.8 Å². The lowest BCUT2D eigenvalue weighted by molar-refractivity contribution is 0.0691. The number of thiazole rings is 1. The van der Waals surface area contributed by atoms with Gasteiger partial charge < -0.3 is 19.9 Å². The molecule has 1 heterocycles. The molecule has 1 amide bonds. The van der Waals surface area contributed by atoms with Crippen LogP contribution in [0.4, 0.5) is 0 Å². The second-order valence-electron chi connectivity index (χ2n) is 5.15. The number of methoxy groups -OCH3 is 1. The summed E-state index contributed by atoms with van der Waals surface area (Å²) in [5, 5.41) is 13.5. The third kappa shape index (κ3) is 4.45. The molecule has 2 N–H and O–H groups in total. The van der Waals surface area contributed by atoms with Crippen LogP contribution in [0.25, 0.3) is 0 Å². The van der Waals surface area contributed by atoms with E-state index in [4.69, 9.17) is 14.6 Å². The number of aromatic carboxylic acids is 1. The number of amides is 1. The maximum atomic E-state index is 12.2. The Labute approximate surface area is 143 Å². The van der Waals surface area contributed by atoms with E-state index in [0.717, 1.165) is 0 Å². The van der Waals surface area contributed by atoms with Crippen LogP contribution in [0.15, 0.2) is 23.6 Å². The number of carbonyl (C=O) groups is 2. The van der Waals surface area contributed by atoms with E-state index in [9.17, 15) is 9.59 Å². The van der Waals surface area contributed by atoms with E-state index in [-0.39, 0.29) is 24.2 Å². The van der Waals surface area contributed by atoms with Crippen LogP contribution in [0.2, 0.25) is 0 Å². The molecule has 1 aromatic carbocycles. The van der Waals surface area contributed by atoms with Crippen LogP contribution in [0, 0.1) is 0 Å². The van der Waals surface area contributed by atoms with Gasteiger partial charge in [0.15, 0.2) is 17.2 Å². The Balaban J connectivity index is 2.04. The van der Waals surface area contributed by atoms with Gasteiger partial charge in [0.2, 0.25) is 0 Å². The first kappa shape index (κ1) is 17.7. The summed E-state index contributed by atoms with van der Waals surface area (Å²) in [6, 6.07) is 4.91. The highest BCUT2D eigenvalue weighted by molar-refractivity contribution is 7.09. The largest absolute Gasteiger partial charge is 0.493 e. The summed E-state index contributed by atoms with van der Waals surface area (Å²) in [6.45, 7) is 3.96. The molecule has 2 aromatic rings. The predicted molar refractivity (Wildman–Crippen MR) is 89.0 cm³/mol. The number of aromatic nitrogens is 1. The van der Waals surface area contributed by atoms with Crippen molar-refractivity contribution in [3.05, 3.63) is 39.8 Å². The molecule has 2 rings (SSSR count). The van der Waals surface area contributed by atoms with Crippen molar-refractivity contribution in [2.45, 2.75) is 26.5 Å². The first-order valence-corrected chi connectivity index (χ1v) is 8.09. The number of hydrogen-bond acceptors (Lipinski definition) is 6. The quantitative estimate of drug-likeness (QED) is 0.796. The number of hydrogen-bond donors (Lipinski definition) is 2. The lowest BCUT2D eigenvalue weighted by Crippen LogP contribution is -2.23. The van der Waals surface area contributed by atoms with Gasteiger partial charge in [-0.25, -0.2) is 9.78 Å². The standard InChI is InChI=1S/C16H18N2O5S/c1-9(2)23-12-5-4-10(6-13(12)22-3)15(19)17-7-14-18-11(8-24-14)16(20)21/h4-6,8-9H,7H2,1-3H3,(H,17,19)(H,20,21). The van der Waals surface area contributed by atoms with E-state index in [2.05, 4.69) is 10.3 Å². The summed E-state index contributed by atoms with van der Waals surface area (Å²) < 4.78 is 10.9. The van der Waals surface area contributed by atoms with Crippen molar-refractivity contribution in [1.29, 1.82) is 0 Å². The van der Waals surface area contributed by atoms with Gasteiger partial charge >= 0.3 is 5.97 Å². The average Bonchev–Trinajstić information content (AvgIpc) is 3.01. The van der Waals surface area contributed by atoms with E-state index in [1.807, 2.05) is 13.8 Å². The van der Waals surface area contributed by atoms with E-state index in [0.29, 0.717) is 22.1 Å². The number of carboxylic acids is 1. The summed E-state index contributed by atoms with van der Waals surface area (Å²) in [4.78, 5) is 26.9. The van der Waals surface area contributed by atoms with Gasteiger partial charge in [-0.05, 0) is 32.0 Å². The molecule has 7 nitrogen and oxygen atoms in total. The van der Waals surface area contributed by atoms with Crippen molar-refractivity contribution in [3.63, 3.8) is 0 Å². The Bertz CT molecular complexity index is 742. The zero-order chi connectivity index (χ0) is 17.7. The minimum absolute atomic E-state index is 0.00749. The number of benzene rings is 1. The Morgan fingerprint density at radius 1 is 1.33 bits per heavy atom. The lowest BCUT2D eigenvalue weighted by atomic mass is 10.2. The number of ether oxygens (including phenoxy) is 2. The number of carboxylic acid groups (broad SMARTS) is 1. The molecule has 0 bridgehead atoms. The van der Waals surface area contributed by atoms with Crippen molar-refractivity contribution in [2.75, 3.05) is 7.11 Å². The van der Waals surface area contributed by atoms with Crippen molar-refractivity contribution in [3.8, 4) is 11.5 Å². The van der Waals surface area contributed by atoms with Gasteiger partial charge in [0.1, 0.15) is 5.01 Å². The molecular formula is C16H18N2O5S. The Hall–Kier alpha value is -2.61. The van der Waals surface area contributed by atoms with Gasteiger partial charge in [0.05, 0.1) is 19.8 Å². The molecule has 0 saturated heterocycles. The van der Waals surface area contributed by atoms with Crippen LogP contribution in [0.5, 0.6) is 11.5 Å². The van der Waals surface area contributed by atoms with E-state index in [1.54, 1.807) is 18.2 Å². The van der Waals surface area contributed by atoms with Gasteiger partial charge in [-0.15, -0.1) is 11.3 Å². The van der Waals surface area contributed by atoms with Gasteiger partial charge in [0.25, 0.3) is 5.91 Å². The molecule has 1 aromatic heterocycles. The summed E-state index contributed by atoms with van der Waals surface area (Å²) in [6.07, 6.45) is -0.00749. The summed E-state index contributed by atoms with van der Waals surface area (Å²) in [7, 11) is 1.51. The molecule has 0 aliphatic heterocycles. The van der Waals surface area contributed by atoms with Crippen molar-refractivity contribution < 1.29 is 24.2 Å². The highest BCUT2D eigenvalue weighted by atomic mass is 32.1. The highest BCUT2D eigenvalue weighted by Crippen LogP contribution is 2.29. The molecule has 0 radical (unpaired) electrons. The maximum absolute atomic E-state index is 12.2. The zero-order valence-electron chi connectivity index (χ0n) is 13.5. The molecule has 0 spiro atoms. The highest BCUT2D eigenvalue weighted by Gasteiger charge is 2.13. The molecule has 0 aliphatic carbocycles. The van der Waals surface area contributed by atoms with Crippen LogP contribution in [-0.2, 0) is 6.54 Å². The average molecular weight is 350 g/mol. The number of rotatable bonds is 7. The van der Waals surface area contributed by atoms with E-state index >= 15 is 0 Å². The molecule has 0 unspecified atom stereocenters. The van der Waals surface area contributed by atoms with Crippen LogP contribution >= 0.6 is 11.3 Å². The summed E-state index contributed by atoms with van der Waals surface area (Å²) in [5.41, 5.74) is 0.388. The zero-order valence-corrected chi connectivity index (χ0v) is 14.3. The minimum Gasteiger partial charge on any atom is -0.493 e. The number of nitrogens with one attached hydrogen (secondary N) is 1. The first-order chi connectivity index (χ1) is 11.4. The normalized spacial score (nSPS) is 10.5. The van der Waals surface area contributed by atoms with E-state index < -0.39 is 5.97 Å². The molecule has 0 atom stereocenters. The van der Waals surface area contributed by atoms with Crippen molar-refractivity contribution >= 4 is 23.2 Å². The first-order valence-electron chi connectivity index (χ1n) is 7.21. The van der Waals surface area contributed by atoms with Crippen molar-refractivity contribution in [2.24, 2.45) is 0 Å². The third-order valence-electron chi connectivity index (χ3n) is 2.96. The van der Waals surface area contributed by atoms with Crippen LogP contribution in [-0.4, -0.2) is 35.2 Å². The molecule has 8 heteroatoms. The van der Waals surface area contributed by atoms with Gasteiger partial charge in [-0.2, -0.15) is 0 Å². The number of carbonyl (C=O) groups excluding carboxylic acids is 1. The summed E-state index contributed by atoms with van der Waals surface area (Å²) >= 11 is 1.18. The fourth-order valence-electron chi connectivity index (χ4n) is 1.91. The van der Waals surface area contributed by atoms with E-state index in [1.165, 1.54) is 23.8 Å². The van der Waals surface area contributed by atoms with Gasteiger partial charge in [-0.1, -0.05) is 0 Å². The van der Waals surface area contributed by atoms with Crippen molar-refractivity contribution in [1.82, 2.24) is 10.3 Å². The summed E-state index contributed by atoms with van der Waals surface area (Å²) in [5.74, 6) is -0.361. The van der Waals surface area contributed by atoms with Crippen LogP contribution in [0.3, 0.4) is 0 Å². The molecule has 0 fully saturated rings. The van der Waals surface area contributed by atoms with Gasteiger partial charge in [0, 0.05) is 10.9 Å². The van der Waals surface area contributed by atoms with Gasteiger partial charge in [-0.3, -0.25) is 4.79 Å². The second-order valence-corrected chi connectivity index (χ2v) is 6.09. The number of nitrogens with zero attached hydrogens (tertiary/aromatic N) is 1. The maximum Gasteiger partial charge on any atom is 0.355 e. The smallest absolute Gasteiger partial charge is 0.355 e. The fourth-order valence-corrected chi connectivity index (χ4v) is 2.62. The Kier molecular flexibility index (Phi) is 5.75. The fraction of sp³-hybridized carbons (Fsp3) is 0.312. The molecule has 128 valence electrons. The Morgan fingerprint density at radius 3 is 2.67 bits per heavy atom. The lowest BCUT2D eigenvalue weighted by Gasteiger charge is -2.14. The topological polar surface area (TPSA) is 97.8 Å². The minimum atomic E-state index is -1.09. The monoisotopic (exact) mass is 350 g/mol. The molecule has 24 heavy (non-hydrogen) atoms. The molecule has 0 aliphatic rings. The second kappa shape index (κ2) is 7.78. The van der Waals surface area contributed by atoms with Crippen LogP contribution in [0.1, 0.15) is 39.7 Å². The SMILES string of the molecule is COc1cc(C(=O)NCc2nc(C(=O)O)cs2)ccc1OC(C)C. The molecule has 0 saturated carbocycles. The predicted octanol–water partition coefficient (Wildman–Crippen LogP) is 2.57. The Morgan fingerprint density at radius 2 is 2.08 bits per heavy atom. The third-order valence-corrected chi connectivity index (χ3v) is 3.81.